The van der Waals surface area contributed by atoms with Gasteiger partial charge in [0.2, 0.25) is 0 Å². The van der Waals surface area contributed by atoms with Gasteiger partial charge >= 0.3 is 5.97 Å². The van der Waals surface area contributed by atoms with Crippen molar-refractivity contribution >= 4 is 17.6 Å². The summed E-state index contributed by atoms with van der Waals surface area (Å²) in [6.45, 7) is 1.43. The predicted molar refractivity (Wildman–Crippen MR) is 67.3 cm³/mol. The maximum Gasteiger partial charge on any atom is 0.320 e. The molecule has 1 saturated heterocycles. The molecule has 0 amide bonds. The summed E-state index contributed by atoms with van der Waals surface area (Å²) in [6, 6.07) is 9.43. The Kier molecular flexibility index (Phi) is 4.02. The zero-order valence-corrected chi connectivity index (χ0v) is 10.3. The molecule has 1 aromatic rings. The van der Waals surface area contributed by atoms with Crippen LogP contribution in [0, 0.1) is 0 Å². The van der Waals surface area contributed by atoms with E-state index in [1.54, 1.807) is 0 Å². The monoisotopic (exact) mass is 253 g/mol. The van der Waals surface area contributed by atoms with E-state index >= 15 is 0 Å². The van der Waals surface area contributed by atoms with E-state index in [1.165, 1.54) is 0 Å². The van der Waals surface area contributed by atoms with Crippen molar-refractivity contribution in [3.63, 3.8) is 0 Å². The largest absolute Gasteiger partial charge is 0.480 e. The number of carbonyl (C=O) groups is 1. The van der Waals surface area contributed by atoms with Gasteiger partial charge in [0.1, 0.15) is 6.04 Å². The van der Waals surface area contributed by atoms with Crippen LogP contribution in [-0.4, -0.2) is 35.1 Å². The molecule has 1 aliphatic heterocycles. The molecular formula is C13H16ClNO2. The molecule has 1 heterocycles. The zero-order chi connectivity index (χ0) is 12.3. The third-order valence-electron chi connectivity index (χ3n) is 3.20. The number of aliphatic carboxylic acids is 1. The van der Waals surface area contributed by atoms with Gasteiger partial charge in [-0.05, 0) is 24.9 Å². The van der Waals surface area contributed by atoms with E-state index in [4.69, 9.17) is 16.7 Å². The lowest BCUT2D eigenvalue weighted by atomic mass is 10.1. The van der Waals surface area contributed by atoms with Crippen LogP contribution < -0.4 is 0 Å². The number of halogens is 1. The van der Waals surface area contributed by atoms with Gasteiger partial charge in [0.15, 0.2) is 0 Å². The summed E-state index contributed by atoms with van der Waals surface area (Å²) in [6.07, 6.45) is 1.67. The third kappa shape index (κ3) is 2.99. The van der Waals surface area contributed by atoms with E-state index in [0.717, 1.165) is 24.9 Å². The first kappa shape index (κ1) is 12.4. The van der Waals surface area contributed by atoms with E-state index in [9.17, 15) is 4.79 Å². The number of hydrogen-bond acceptors (Lipinski definition) is 2. The van der Waals surface area contributed by atoms with Gasteiger partial charge in [0.05, 0.1) is 5.38 Å². The van der Waals surface area contributed by atoms with Crippen LogP contribution in [0.25, 0.3) is 0 Å². The van der Waals surface area contributed by atoms with Crippen molar-refractivity contribution in [2.24, 2.45) is 0 Å². The summed E-state index contributed by atoms with van der Waals surface area (Å²) in [5.74, 6) is -0.737. The quantitative estimate of drug-likeness (QED) is 0.839. The highest BCUT2D eigenvalue weighted by Gasteiger charge is 2.31. The maximum absolute atomic E-state index is 11.0. The normalized spacial score (nSPS) is 22.5. The summed E-state index contributed by atoms with van der Waals surface area (Å²) in [7, 11) is 0. The molecule has 0 aromatic heterocycles. The van der Waals surface area contributed by atoms with E-state index < -0.39 is 5.97 Å². The predicted octanol–water partition coefficient (Wildman–Crippen LogP) is 2.52. The summed E-state index contributed by atoms with van der Waals surface area (Å²) in [5.41, 5.74) is 1.05. The first-order valence-electron chi connectivity index (χ1n) is 5.84. The fraction of sp³-hybridized carbons (Fsp3) is 0.462. The van der Waals surface area contributed by atoms with Gasteiger partial charge < -0.3 is 5.11 Å². The number of nitrogens with zero attached hydrogens (tertiary/aromatic N) is 1. The van der Waals surface area contributed by atoms with Crippen LogP contribution in [0.5, 0.6) is 0 Å². The first-order chi connectivity index (χ1) is 8.18. The summed E-state index contributed by atoms with van der Waals surface area (Å²) in [4.78, 5) is 13.0. The number of rotatable bonds is 4. The molecule has 2 rings (SSSR count). The molecule has 0 spiro atoms. The van der Waals surface area contributed by atoms with E-state index in [2.05, 4.69) is 0 Å². The highest BCUT2D eigenvalue weighted by Crippen LogP contribution is 2.26. The van der Waals surface area contributed by atoms with E-state index in [1.807, 2.05) is 35.2 Å². The molecule has 1 fully saturated rings. The highest BCUT2D eigenvalue weighted by molar-refractivity contribution is 6.21. The zero-order valence-electron chi connectivity index (χ0n) is 9.55. The van der Waals surface area contributed by atoms with Crippen molar-refractivity contribution in [1.82, 2.24) is 4.90 Å². The van der Waals surface area contributed by atoms with Gasteiger partial charge in [-0.15, -0.1) is 11.6 Å². The van der Waals surface area contributed by atoms with Crippen LogP contribution >= 0.6 is 11.6 Å². The van der Waals surface area contributed by atoms with Crippen molar-refractivity contribution in [3.8, 4) is 0 Å². The number of likely N-dealkylation sites (tertiary alicyclic amines) is 1. The molecule has 0 saturated carbocycles. The SMILES string of the molecule is O=C(O)C1CCCN1CC(Cl)c1ccccc1. The summed E-state index contributed by atoms with van der Waals surface area (Å²) < 4.78 is 0. The lowest BCUT2D eigenvalue weighted by molar-refractivity contribution is -0.142. The molecule has 4 heteroatoms. The fourth-order valence-electron chi connectivity index (χ4n) is 2.30. The number of hydrogen-bond donors (Lipinski definition) is 1. The molecule has 0 radical (unpaired) electrons. The minimum absolute atomic E-state index is 0.142. The average molecular weight is 254 g/mol. The second-order valence-corrected chi connectivity index (χ2v) is 4.90. The minimum Gasteiger partial charge on any atom is -0.480 e. The Labute approximate surface area is 106 Å². The Hall–Kier alpha value is -1.06. The molecule has 0 aliphatic carbocycles. The van der Waals surface area contributed by atoms with Crippen LogP contribution in [0.1, 0.15) is 23.8 Å². The molecule has 17 heavy (non-hydrogen) atoms. The van der Waals surface area contributed by atoms with Crippen LogP contribution in [-0.2, 0) is 4.79 Å². The minimum atomic E-state index is -0.737. The number of carboxylic acids is 1. The van der Waals surface area contributed by atoms with Gasteiger partial charge in [-0.1, -0.05) is 30.3 Å². The molecule has 92 valence electrons. The van der Waals surface area contributed by atoms with Crippen molar-refractivity contribution in [2.45, 2.75) is 24.3 Å². The van der Waals surface area contributed by atoms with Crippen LogP contribution in [0.4, 0.5) is 0 Å². The Morgan fingerprint density at radius 1 is 1.47 bits per heavy atom. The average Bonchev–Trinajstić information content (AvgIpc) is 2.78. The third-order valence-corrected chi connectivity index (χ3v) is 3.59. The fourth-order valence-corrected chi connectivity index (χ4v) is 2.62. The maximum atomic E-state index is 11.0. The molecule has 3 nitrogen and oxygen atoms in total. The second kappa shape index (κ2) is 5.52. The Bertz CT molecular complexity index is 382. The van der Waals surface area contributed by atoms with Crippen molar-refractivity contribution in [2.75, 3.05) is 13.1 Å². The van der Waals surface area contributed by atoms with Crippen LogP contribution in [0.3, 0.4) is 0 Å². The summed E-state index contributed by atoms with van der Waals surface area (Å²) >= 11 is 6.32. The van der Waals surface area contributed by atoms with Crippen molar-refractivity contribution < 1.29 is 9.90 Å². The van der Waals surface area contributed by atoms with Gasteiger partial charge in [-0.2, -0.15) is 0 Å². The van der Waals surface area contributed by atoms with Crippen molar-refractivity contribution in [3.05, 3.63) is 35.9 Å². The topological polar surface area (TPSA) is 40.5 Å². The number of carboxylic acid groups (broad SMARTS) is 1. The van der Waals surface area contributed by atoms with Gasteiger partial charge in [0.25, 0.3) is 0 Å². The van der Waals surface area contributed by atoms with Crippen LogP contribution in [0.2, 0.25) is 0 Å². The molecular weight excluding hydrogens is 238 g/mol. The molecule has 1 aromatic carbocycles. The van der Waals surface area contributed by atoms with Gasteiger partial charge in [-0.3, -0.25) is 9.69 Å². The lowest BCUT2D eigenvalue weighted by Gasteiger charge is -2.23. The molecule has 1 N–H and O–H groups in total. The Morgan fingerprint density at radius 3 is 2.82 bits per heavy atom. The Balaban J connectivity index is 1.99. The number of benzene rings is 1. The molecule has 0 bridgehead atoms. The van der Waals surface area contributed by atoms with Crippen molar-refractivity contribution in [1.29, 1.82) is 0 Å². The number of alkyl halides is 1. The molecule has 2 unspecified atom stereocenters. The van der Waals surface area contributed by atoms with Gasteiger partial charge in [0, 0.05) is 6.54 Å². The van der Waals surface area contributed by atoms with Gasteiger partial charge in [-0.25, -0.2) is 0 Å². The first-order valence-corrected chi connectivity index (χ1v) is 6.28. The summed E-state index contributed by atoms with van der Waals surface area (Å²) in [5, 5.41) is 8.94. The molecule has 1 aliphatic rings. The van der Waals surface area contributed by atoms with E-state index in [-0.39, 0.29) is 11.4 Å². The lowest BCUT2D eigenvalue weighted by Crippen LogP contribution is -2.37. The standard InChI is InChI=1S/C13H16ClNO2/c14-11(10-5-2-1-3-6-10)9-15-8-4-7-12(15)13(16)17/h1-3,5-6,11-12H,4,7-9H2,(H,16,17). The highest BCUT2D eigenvalue weighted by atomic mass is 35.5. The smallest absolute Gasteiger partial charge is 0.320 e. The van der Waals surface area contributed by atoms with Crippen LogP contribution in [0.15, 0.2) is 30.3 Å². The molecule has 2 atom stereocenters. The van der Waals surface area contributed by atoms with E-state index in [0.29, 0.717) is 6.54 Å². The second-order valence-electron chi connectivity index (χ2n) is 4.37. The Morgan fingerprint density at radius 2 is 2.18 bits per heavy atom.